The van der Waals surface area contributed by atoms with Crippen molar-refractivity contribution < 1.29 is 14.3 Å². The largest absolute Gasteiger partial charge is 0.483 e. The van der Waals surface area contributed by atoms with E-state index in [1.807, 2.05) is 18.7 Å². The Bertz CT molecular complexity index is 535. The first kappa shape index (κ1) is 17.3. The van der Waals surface area contributed by atoms with Crippen molar-refractivity contribution in [2.24, 2.45) is 0 Å². The van der Waals surface area contributed by atoms with Crippen LogP contribution in [0, 0.1) is 0 Å². The van der Waals surface area contributed by atoms with Crippen molar-refractivity contribution in [2.45, 2.75) is 45.6 Å². The Morgan fingerprint density at radius 2 is 1.78 bits per heavy atom. The fraction of sp³-hybridized carbons (Fsp3) is 0.556. The quantitative estimate of drug-likeness (QED) is 0.908. The highest BCUT2D eigenvalue weighted by atomic mass is 16.5. The van der Waals surface area contributed by atoms with E-state index >= 15 is 0 Å². The molecule has 1 saturated heterocycles. The molecule has 1 N–H and O–H groups in total. The van der Waals surface area contributed by atoms with Gasteiger partial charge in [0.2, 0.25) is 0 Å². The second-order valence-corrected chi connectivity index (χ2v) is 6.21. The number of amides is 2. The number of hydrogen-bond donors (Lipinski definition) is 1. The lowest BCUT2D eigenvalue weighted by Crippen LogP contribution is -2.36. The molecule has 1 aromatic carbocycles. The highest BCUT2D eigenvalue weighted by Gasteiger charge is 2.18. The molecule has 2 amide bonds. The summed E-state index contributed by atoms with van der Waals surface area (Å²) in [6, 6.07) is 7.08. The van der Waals surface area contributed by atoms with Gasteiger partial charge in [-0.15, -0.1) is 0 Å². The summed E-state index contributed by atoms with van der Waals surface area (Å²) in [5.74, 6) is 0.262. The van der Waals surface area contributed by atoms with Crippen molar-refractivity contribution in [3.05, 3.63) is 29.8 Å². The van der Waals surface area contributed by atoms with Crippen molar-refractivity contribution in [1.29, 1.82) is 0 Å². The van der Waals surface area contributed by atoms with Crippen LogP contribution in [-0.2, 0) is 4.79 Å². The molecule has 0 aliphatic carbocycles. The third-order valence-corrected chi connectivity index (χ3v) is 3.86. The Labute approximate surface area is 138 Å². The highest BCUT2D eigenvalue weighted by molar-refractivity contribution is 5.97. The molecule has 1 aliphatic rings. The van der Waals surface area contributed by atoms with Crippen LogP contribution >= 0.6 is 0 Å². The molecule has 0 saturated carbocycles. The summed E-state index contributed by atoms with van der Waals surface area (Å²) in [6.45, 7) is 5.40. The van der Waals surface area contributed by atoms with Gasteiger partial charge in [-0.25, -0.2) is 0 Å². The zero-order chi connectivity index (χ0) is 16.7. The van der Waals surface area contributed by atoms with E-state index in [2.05, 4.69) is 5.32 Å². The first-order valence-electron chi connectivity index (χ1n) is 8.38. The number of nitrogens with zero attached hydrogens (tertiary/aromatic N) is 1. The van der Waals surface area contributed by atoms with E-state index in [-0.39, 0.29) is 24.5 Å². The number of para-hydroxylation sites is 1. The first-order valence-corrected chi connectivity index (χ1v) is 8.38. The third-order valence-electron chi connectivity index (χ3n) is 3.86. The minimum Gasteiger partial charge on any atom is -0.483 e. The van der Waals surface area contributed by atoms with Gasteiger partial charge in [0.05, 0.1) is 5.56 Å². The molecule has 126 valence electrons. The lowest BCUT2D eigenvalue weighted by Gasteiger charge is -2.21. The maximum Gasteiger partial charge on any atom is 0.260 e. The van der Waals surface area contributed by atoms with Gasteiger partial charge in [-0.05, 0) is 38.8 Å². The van der Waals surface area contributed by atoms with E-state index < -0.39 is 0 Å². The van der Waals surface area contributed by atoms with Crippen LogP contribution in [0.4, 0.5) is 0 Å². The fourth-order valence-electron chi connectivity index (χ4n) is 2.67. The predicted molar refractivity (Wildman–Crippen MR) is 89.6 cm³/mol. The molecule has 23 heavy (non-hydrogen) atoms. The molecule has 1 aromatic rings. The standard InChI is InChI=1S/C18H26N2O3/c1-14(2)19-18(22)15-9-5-6-10-16(15)23-13-17(21)20-11-7-3-4-8-12-20/h5-6,9-10,14H,3-4,7-8,11-13H2,1-2H3,(H,19,22). The third kappa shape index (κ3) is 5.27. The van der Waals surface area contributed by atoms with Gasteiger partial charge in [0.1, 0.15) is 5.75 Å². The van der Waals surface area contributed by atoms with Crippen molar-refractivity contribution in [1.82, 2.24) is 10.2 Å². The van der Waals surface area contributed by atoms with Gasteiger partial charge in [0.25, 0.3) is 11.8 Å². The molecule has 1 heterocycles. The molecule has 5 nitrogen and oxygen atoms in total. The Balaban J connectivity index is 1.97. The lowest BCUT2D eigenvalue weighted by atomic mass is 10.2. The minimum absolute atomic E-state index is 0.00836. The maximum atomic E-state index is 12.3. The van der Waals surface area contributed by atoms with Crippen LogP contribution < -0.4 is 10.1 Å². The van der Waals surface area contributed by atoms with Gasteiger partial charge in [0.15, 0.2) is 6.61 Å². The van der Waals surface area contributed by atoms with E-state index in [1.54, 1.807) is 24.3 Å². The number of rotatable bonds is 5. The molecule has 5 heteroatoms. The second kappa shape index (κ2) is 8.56. The number of nitrogens with one attached hydrogen (secondary N) is 1. The molecule has 1 aliphatic heterocycles. The number of hydrogen-bond acceptors (Lipinski definition) is 3. The summed E-state index contributed by atoms with van der Waals surface area (Å²) in [4.78, 5) is 26.3. The Kier molecular flexibility index (Phi) is 6.44. The Hall–Kier alpha value is -2.04. The maximum absolute atomic E-state index is 12.3. The molecule has 0 spiro atoms. The number of carbonyl (C=O) groups excluding carboxylic acids is 2. The van der Waals surface area contributed by atoms with Crippen LogP contribution in [-0.4, -0.2) is 42.5 Å². The molecular weight excluding hydrogens is 292 g/mol. The number of carbonyl (C=O) groups is 2. The monoisotopic (exact) mass is 318 g/mol. The predicted octanol–water partition coefficient (Wildman–Crippen LogP) is 2.61. The lowest BCUT2D eigenvalue weighted by molar-refractivity contribution is -0.133. The number of benzene rings is 1. The van der Waals surface area contributed by atoms with E-state index in [9.17, 15) is 9.59 Å². The molecule has 0 aromatic heterocycles. The van der Waals surface area contributed by atoms with Gasteiger partial charge in [0, 0.05) is 19.1 Å². The number of likely N-dealkylation sites (tertiary alicyclic amines) is 1. The van der Waals surface area contributed by atoms with Crippen molar-refractivity contribution in [3.8, 4) is 5.75 Å². The van der Waals surface area contributed by atoms with Crippen LogP contribution in [0.2, 0.25) is 0 Å². The minimum atomic E-state index is -0.183. The van der Waals surface area contributed by atoms with Gasteiger partial charge in [-0.1, -0.05) is 25.0 Å². The van der Waals surface area contributed by atoms with Gasteiger partial charge < -0.3 is 15.0 Å². The fourth-order valence-corrected chi connectivity index (χ4v) is 2.67. The molecule has 0 radical (unpaired) electrons. The molecule has 0 bridgehead atoms. The zero-order valence-electron chi connectivity index (χ0n) is 14.0. The summed E-state index contributed by atoms with van der Waals surface area (Å²) in [5, 5.41) is 2.84. The molecule has 0 unspecified atom stereocenters. The summed E-state index contributed by atoms with van der Waals surface area (Å²) in [6.07, 6.45) is 4.48. The van der Waals surface area contributed by atoms with E-state index in [4.69, 9.17) is 4.74 Å². The summed E-state index contributed by atoms with van der Waals surface area (Å²) in [7, 11) is 0. The van der Waals surface area contributed by atoms with Crippen LogP contribution in [0.5, 0.6) is 5.75 Å². The van der Waals surface area contributed by atoms with Gasteiger partial charge in [-0.3, -0.25) is 9.59 Å². The molecule has 1 fully saturated rings. The summed E-state index contributed by atoms with van der Waals surface area (Å²) < 4.78 is 5.64. The molecular formula is C18H26N2O3. The van der Waals surface area contributed by atoms with Crippen LogP contribution in [0.3, 0.4) is 0 Å². The van der Waals surface area contributed by atoms with Crippen LogP contribution in [0.1, 0.15) is 49.9 Å². The molecule has 2 rings (SSSR count). The van der Waals surface area contributed by atoms with Crippen LogP contribution in [0.15, 0.2) is 24.3 Å². The SMILES string of the molecule is CC(C)NC(=O)c1ccccc1OCC(=O)N1CCCCCC1. The smallest absolute Gasteiger partial charge is 0.260 e. The first-order chi connectivity index (χ1) is 11.1. The summed E-state index contributed by atoms with van der Waals surface area (Å²) >= 11 is 0. The second-order valence-electron chi connectivity index (χ2n) is 6.21. The van der Waals surface area contributed by atoms with Crippen LogP contribution in [0.25, 0.3) is 0 Å². The zero-order valence-corrected chi connectivity index (χ0v) is 14.0. The average molecular weight is 318 g/mol. The topological polar surface area (TPSA) is 58.6 Å². The summed E-state index contributed by atoms with van der Waals surface area (Å²) in [5.41, 5.74) is 0.463. The molecule has 0 atom stereocenters. The average Bonchev–Trinajstić information content (AvgIpc) is 2.81. The van der Waals surface area contributed by atoms with Crippen molar-refractivity contribution in [2.75, 3.05) is 19.7 Å². The van der Waals surface area contributed by atoms with E-state index in [1.165, 1.54) is 12.8 Å². The highest BCUT2D eigenvalue weighted by Crippen LogP contribution is 2.18. The van der Waals surface area contributed by atoms with Gasteiger partial charge >= 0.3 is 0 Å². The van der Waals surface area contributed by atoms with Gasteiger partial charge in [-0.2, -0.15) is 0 Å². The van der Waals surface area contributed by atoms with Crippen molar-refractivity contribution in [3.63, 3.8) is 0 Å². The van der Waals surface area contributed by atoms with Crippen molar-refractivity contribution >= 4 is 11.8 Å². The Morgan fingerprint density at radius 1 is 1.13 bits per heavy atom. The normalized spacial score (nSPS) is 15.2. The van der Waals surface area contributed by atoms with E-state index in [0.717, 1.165) is 25.9 Å². The number of ether oxygens (including phenoxy) is 1. The van der Waals surface area contributed by atoms with E-state index in [0.29, 0.717) is 11.3 Å². The Morgan fingerprint density at radius 3 is 2.43 bits per heavy atom.